The van der Waals surface area contributed by atoms with Gasteiger partial charge in [-0.15, -0.1) is 0 Å². The summed E-state index contributed by atoms with van der Waals surface area (Å²) in [4.78, 5) is 21.0. The quantitative estimate of drug-likeness (QED) is 0.555. The molecule has 1 aliphatic carbocycles. The zero-order valence-corrected chi connectivity index (χ0v) is 9.24. The summed E-state index contributed by atoms with van der Waals surface area (Å²) in [5, 5.41) is 16.6. The Hall–Kier alpha value is -1.15. The number of carbonyl (C=O) groups is 2. The Balaban J connectivity index is 2.57. The average Bonchev–Trinajstić information content (AvgIpc) is 2.94. The van der Waals surface area contributed by atoms with Gasteiger partial charge in [-0.1, -0.05) is 0 Å². The van der Waals surface area contributed by atoms with Crippen LogP contribution in [-0.4, -0.2) is 41.9 Å². The zero-order valence-electron chi connectivity index (χ0n) is 8.42. The van der Waals surface area contributed by atoms with Crippen LogP contribution in [0.1, 0.15) is 25.7 Å². The number of nitrogens with one attached hydrogen (secondary N) is 1. The maximum absolute atomic E-state index is 11.4. The summed E-state index contributed by atoms with van der Waals surface area (Å²) in [6.45, 7) is 0. The third-order valence-electron chi connectivity index (χ3n) is 2.21. The van der Waals surface area contributed by atoms with E-state index in [1.807, 2.05) is 4.72 Å². The molecule has 0 saturated heterocycles. The lowest BCUT2D eigenvalue weighted by molar-refractivity contribution is -0.140. The van der Waals surface area contributed by atoms with Crippen LogP contribution < -0.4 is 4.72 Å². The molecule has 92 valence electrons. The molecule has 1 saturated carbocycles. The van der Waals surface area contributed by atoms with Crippen molar-refractivity contribution in [2.75, 3.05) is 0 Å². The molecule has 8 heteroatoms. The van der Waals surface area contributed by atoms with Crippen molar-refractivity contribution in [3.63, 3.8) is 0 Å². The second-order valence-corrected chi connectivity index (χ2v) is 5.68. The first-order chi connectivity index (χ1) is 7.33. The summed E-state index contributed by atoms with van der Waals surface area (Å²) in [5.41, 5.74) is 0. The number of carboxylic acids is 2. The largest absolute Gasteiger partial charge is 0.481 e. The fourth-order valence-corrected chi connectivity index (χ4v) is 2.74. The van der Waals surface area contributed by atoms with Crippen LogP contribution in [0, 0.1) is 0 Å². The Morgan fingerprint density at radius 3 is 2.25 bits per heavy atom. The van der Waals surface area contributed by atoms with Gasteiger partial charge in [-0.05, 0) is 19.3 Å². The Bertz CT molecular complexity index is 385. The van der Waals surface area contributed by atoms with Crippen molar-refractivity contribution in [3.8, 4) is 0 Å². The molecule has 16 heavy (non-hydrogen) atoms. The van der Waals surface area contributed by atoms with Crippen molar-refractivity contribution in [1.82, 2.24) is 4.72 Å². The van der Waals surface area contributed by atoms with Gasteiger partial charge in [-0.25, -0.2) is 13.1 Å². The molecule has 1 fully saturated rings. The van der Waals surface area contributed by atoms with E-state index in [1.165, 1.54) is 0 Å². The molecule has 0 aromatic heterocycles. The van der Waals surface area contributed by atoms with E-state index in [0.29, 0.717) is 12.8 Å². The molecule has 0 aromatic rings. The minimum atomic E-state index is -3.60. The Morgan fingerprint density at radius 1 is 1.31 bits per heavy atom. The fourth-order valence-electron chi connectivity index (χ4n) is 1.17. The van der Waals surface area contributed by atoms with Gasteiger partial charge in [-0.2, -0.15) is 0 Å². The summed E-state index contributed by atoms with van der Waals surface area (Å²) in [6.07, 6.45) is 0.419. The van der Waals surface area contributed by atoms with Gasteiger partial charge in [0, 0.05) is 6.42 Å². The van der Waals surface area contributed by atoms with Gasteiger partial charge in [0.15, 0.2) is 0 Å². The van der Waals surface area contributed by atoms with Crippen molar-refractivity contribution < 1.29 is 28.2 Å². The highest BCUT2D eigenvalue weighted by Gasteiger charge is 2.38. The first kappa shape index (κ1) is 12.9. The molecule has 0 spiro atoms. The Kier molecular flexibility index (Phi) is 3.87. The minimum absolute atomic E-state index is 0.253. The zero-order chi connectivity index (χ0) is 12.3. The van der Waals surface area contributed by atoms with Gasteiger partial charge in [0.05, 0.1) is 5.25 Å². The first-order valence-electron chi connectivity index (χ1n) is 4.78. The topological polar surface area (TPSA) is 121 Å². The summed E-state index contributed by atoms with van der Waals surface area (Å²) in [5.74, 6) is -2.51. The van der Waals surface area contributed by atoms with Crippen LogP contribution in [0.3, 0.4) is 0 Å². The lowest BCUT2D eigenvalue weighted by Gasteiger charge is -2.13. The summed E-state index contributed by atoms with van der Waals surface area (Å²) >= 11 is 0. The van der Waals surface area contributed by atoms with Crippen molar-refractivity contribution in [1.29, 1.82) is 0 Å². The minimum Gasteiger partial charge on any atom is -0.481 e. The highest BCUT2D eigenvalue weighted by Crippen LogP contribution is 2.27. The predicted molar refractivity (Wildman–Crippen MR) is 53.4 cm³/mol. The van der Waals surface area contributed by atoms with Gasteiger partial charge in [0.1, 0.15) is 6.04 Å². The first-order valence-corrected chi connectivity index (χ1v) is 6.33. The molecule has 0 heterocycles. The third-order valence-corrected chi connectivity index (χ3v) is 4.18. The van der Waals surface area contributed by atoms with Crippen LogP contribution in [0.5, 0.6) is 0 Å². The molecular weight excluding hydrogens is 238 g/mol. The maximum Gasteiger partial charge on any atom is 0.321 e. The van der Waals surface area contributed by atoms with Gasteiger partial charge in [0.25, 0.3) is 0 Å². The number of carboxylic acid groups (broad SMARTS) is 2. The molecule has 1 rings (SSSR count). The molecule has 0 radical (unpaired) electrons. The molecule has 0 aliphatic heterocycles. The highest BCUT2D eigenvalue weighted by molar-refractivity contribution is 7.90. The van der Waals surface area contributed by atoms with E-state index in [-0.39, 0.29) is 12.8 Å². The third kappa shape index (κ3) is 3.78. The molecule has 7 nitrogen and oxygen atoms in total. The average molecular weight is 251 g/mol. The van der Waals surface area contributed by atoms with Crippen molar-refractivity contribution in [3.05, 3.63) is 0 Å². The smallest absolute Gasteiger partial charge is 0.321 e. The number of rotatable bonds is 7. The lowest BCUT2D eigenvalue weighted by atomic mass is 10.2. The van der Waals surface area contributed by atoms with E-state index in [0.717, 1.165) is 0 Å². The molecule has 0 amide bonds. The van der Waals surface area contributed by atoms with Crippen molar-refractivity contribution >= 4 is 22.0 Å². The molecule has 3 N–H and O–H groups in total. The SMILES string of the molecule is O=C(O)CC[C@H](NS(=O)(=O)C1CC1)C(=O)O. The molecular formula is C8H13NO6S. The van der Waals surface area contributed by atoms with E-state index in [2.05, 4.69) is 0 Å². The van der Waals surface area contributed by atoms with Gasteiger partial charge < -0.3 is 10.2 Å². The van der Waals surface area contributed by atoms with E-state index >= 15 is 0 Å². The Morgan fingerprint density at radius 2 is 1.88 bits per heavy atom. The van der Waals surface area contributed by atoms with Gasteiger partial charge in [0.2, 0.25) is 10.0 Å². The highest BCUT2D eigenvalue weighted by atomic mass is 32.2. The molecule has 1 atom stereocenters. The van der Waals surface area contributed by atoms with Crippen LogP contribution in [0.15, 0.2) is 0 Å². The number of aliphatic carboxylic acids is 2. The van der Waals surface area contributed by atoms with E-state index < -0.39 is 33.3 Å². The maximum atomic E-state index is 11.4. The fraction of sp³-hybridized carbons (Fsp3) is 0.750. The molecule has 0 bridgehead atoms. The van der Waals surface area contributed by atoms with E-state index in [4.69, 9.17) is 10.2 Å². The monoisotopic (exact) mass is 251 g/mol. The van der Waals surface area contributed by atoms with Gasteiger partial charge in [-0.3, -0.25) is 9.59 Å². The molecule has 1 aliphatic rings. The Labute approximate surface area is 92.5 Å². The van der Waals surface area contributed by atoms with Crippen LogP contribution in [-0.2, 0) is 19.6 Å². The predicted octanol–water partition coefficient (Wildman–Crippen LogP) is -0.614. The number of hydrogen-bond donors (Lipinski definition) is 3. The summed E-state index contributed by atoms with van der Waals surface area (Å²) < 4.78 is 24.9. The summed E-state index contributed by atoms with van der Waals surface area (Å²) in [6, 6.07) is -1.36. The van der Waals surface area contributed by atoms with E-state index in [1.54, 1.807) is 0 Å². The number of sulfonamides is 1. The van der Waals surface area contributed by atoms with Crippen molar-refractivity contribution in [2.24, 2.45) is 0 Å². The second-order valence-electron chi connectivity index (χ2n) is 3.69. The van der Waals surface area contributed by atoms with E-state index in [9.17, 15) is 18.0 Å². The van der Waals surface area contributed by atoms with Crippen LogP contribution in [0.2, 0.25) is 0 Å². The van der Waals surface area contributed by atoms with Crippen molar-refractivity contribution in [2.45, 2.75) is 37.0 Å². The van der Waals surface area contributed by atoms with Gasteiger partial charge >= 0.3 is 11.9 Å². The molecule has 0 unspecified atom stereocenters. The normalized spacial score (nSPS) is 18.0. The number of hydrogen-bond acceptors (Lipinski definition) is 4. The van der Waals surface area contributed by atoms with Crippen LogP contribution in [0.25, 0.3) is 0 Å². The standard InChI is InChI=1S/C8H13NO6S/c10-7(11)4-3-6(8(12)13)9-16(14,15)5-1-2-5/h5-6,9H,1-4H2,(H,10,11)(H,12,13)/t6-/m0/s1. The second kappa shape index (κ2) is 4.79. The van der Waals surface area contributed by atoms with Crippen LogP contribution in [0.4, 0.5) is 0 Å². The molecule has 0 aromatic carbocycles. The lowest BCUT2D eigenvalue weighted by Crippen LogP contribution is -2.42. The summed E-state index contributed by atoms with van der Waals surface area (Å²) in [7, 11) is -3.60. The van der Waals surface area contributed by atoms with Crippen LogP contribution >= 0.6 is 0 Å².